The summed E-state index contributed by atoms with van der Waals surface area (Å²) in [5.41, 5.74) is 9.91. The standard InChI is InChI=1S/C14H24N2/c1-10-6-7-14(11(2)8-10)13(4)16(5)9-12(3)15/h6-8,12-13H,9,15H2,1-5H3. The Bertz CT molecular complexity index is 345. The predicted octanol–water partition coefficient (Wildman–Crippen LogP) is 2.64. The van der Waals surface area contributed by atoms with Gasteiger partial charge in [0, 0.05) is 18.6 Å². The number of benzene rings is 1. The molecule has 2 heteroatoms. The van der Waals surface area contributed by atoms with Gasteiger partial charge < -0.3 is 5.73 Å². The molecule has 16 heavy (non-hydrogen) atoms. The second-order valence-corrected chi connectivity index (χ2v) is 4.95. The van der Waals surface area contributed by atoms with E-state index in [1.807, 2.05) is 6.92 Å². The van der Waals surface area contributed by atoms with Gasteiger partial charge in [-0.25, -0.2) is 0 Å². The maximum Gasteiger partial charge on any atom is 0.0320 e. The van der Waals surface area contributed by atoms with Crippen molar-refractivity contribution in [3.05, 3.63) is 34.9 Å². The van der Waals surface area contributed by atoms with Gasteiger partial charge in [0.05, 0.1) is 0 Å². The lowest BCUT2D eigenvalue weighted by atomic mass is 9.99. The van der Waals surface area contributed by atoms with Crippen LogP contribution in [0.4, 0.5) is 0 Å². The van der Waals surface area contributed by atoms with Crippen LogP contribution in [0.1, 0.15) is 36.6 Å². The molecule has 1 rings (SSSR count). The largest absolute Gasteiger partial charge is 0.327 e. The van der Waals surface area contributed by atoms with Crippen LogP contribution in [0, 0.1) is 13.8 Å². The minimum atomic E-state index is 0.221. The van der Waals surface area contributed by atoms with Gasteiger partial charge in [-0.15, -0.1) is 0 Å². The Labute approximate surface area is 99.5 Å². The molecule has 0 fully saturated rings. The first-order valence-corrected chi connectivity index (χ1v) is 5.94. The molecule has 0 aliphatic heterocycles. The summed E-state index contributed by atoms with van der Waals surface area (Å²) in [5, 5.41) is 0. The summed E-state index contributed by atoms with van der Waals surface area (Å²) in [6.45, 7) is 9.52. The third-order valence-corrected chi connectivity index (χ3v) is 3.11. The van der Waals surface area contributed by atoms with E-state index in [9.17, 15) is 0 Å². The van der Waals surface area contributed by atoms with Crippen molar-refractivity contribution in [3.63, 3.8) is 0 Å². The van der Waals surface area contributed by atoms with Gasteiger partial charge in [0.15, 0.2) is 0 Å². The zero-order chi connectivity index (χ0) is 12.3. The van der Waals surface area contributed by atoms with Gasteiger partial charge in [0.25, 0.3) is 0 Å². The van der Waals surface area contributed by atoms with Crippen molar-refractivity contribution in [3.8, 4) is 0 Å². The van der Waals surface area contributed by atoms with Crippen molar-refractivity contribution in [2.45, 2.75) is 39.8 Å². The van der Waals surface area contributed by atoms with Gasteiger partial charge >= 0.3 is 0 Å². The van der Waals surface area contributed by atoms with Gasteiger partial charge in [0.1, 0.15) is 0 Å². The van der Waals surface area contributed by atoms with Crippen LogP contribution in [0.15, 0.2) is 18.2 Å². The highest BCUT2D eigenvalue weighted by atomic mass is 15.1. The number of rotatable bonds is 4. The predicted molar refractivity (Wildman–Crippen MR) is 70.6 cm³/mol. The molecule has 1 aromatic carbocycles. The van der Waals surface area contributed by atoms with Gasteiger partial charge in [-0.05, 0) is 45.9 Å². The lowest BCUT2D eigenvalue weighted by molar-refractivity contribution is 0.249. The number of hydrogen-bond acceptors (Lipinski definition) is 2. The topological polar surface area (TPSA) is 29.3 Å². The maximum absolute atomic E-state index is 5.83. The highest BCUT2D eigenvalue weighted by Gasteiger charge is 2.14. The van der Waals surface area contributed by atoms with Gasteiger partial charge in [-0.2, -0.15) is 0 Å². The van der Waals surface area contributed by atoms with E-state index in [1.54, 1.807) is 0 Å². The lowest BCUT2D eigenvalue weighted by Crippen LogP contribution is -2.34. The van der Waals surface area contributed by atoms with E-state index in [0.717, 1.165) is 6.54 Å². The fraction of sp³-hybridized carbons (Fsp3) is 0.571. The molecule has 0 saturated heterocycles. The minimum absolute atomic E-state index is 0.221. The molecule has 2 N–H and O–H groups in total. The third kappa shape index (κ3) is 3.32. The molecule has 0 radical (unpaired) electrons. The Morgan fingerprint density at radius 3 is 2.38 bits per heavy atom. The Morgan fingerprint density at radius 2 is 1.88 bits per heavy atom. The van der Waals surface area contributed by atoms with Crippen LogP contribution in [0.25, 0.3) is 0 Å². The molecule has 0 aromatic heterocycles. The average Bonchev–Trinajstić information content (AvgIpc) is 2.15. The molecule has 0 heterocycles. The molecule has 90 valence electrons. The summed E-state index contributed by atoms with van der Waals surface area (Å²) in [7, 11) is 2.13. The molecule has 0 spiro atoms. The van der Waals surface area contributed by atoms with Crippen LogP contribution in [0.3, 0.4) is 0 Å². The van der Waals surface area contributed by atoms with Crippen LogP contribution < -0.4 is 5.73 Å². The summed E-state index contributed by atoms with van der Waals surface area (Å²) in [6, 6.07) is 7.29. The molecule has 0 aliphatic rings. The number of aryl methyl sites for hydroxylation is 2. The molecule has 2 atom stereocenters. The number of nitrogens with two attached hydrogens (primary N) is 1. The van der Waals surface area contributed by atoms with E-state index in [0.29, 0.717) is 6.04 Å². The minimum Gasteiger partial charge on any atom is -0.327 e. The highest BCUT2D eigenvalue weighted by molar-refractivity contribution is 5.32. The van der Waals surface area contributed by atoms with E-state index in [1.165, 1.54) is 16.7 Å². The SMILES string of the molecule is Cc1ccc(C(C)N(C)CC(C)N)c(C)c1. The van der Waals surface area contributed by atoms with Crippen molar-refractivity contribution >= 4 is 0 Å². The molecule has 0 aliphatic carbocycles. The molecule has 0 saturated carbocycles. The normalized spacial score (nSPS) is 15.2. The zero-order valence-corrected chi connectivity index (χ0v) is 11.1. The number of hydrogen-bond donors (Lipinski definition) is 1. The quantitative estimate of drug-likeness (QED) is 0.845. The van der Waals surface area contributed by atoms with Crippen molar-refractivity contribution in [2.24, 2.45) is 5.73 Å². The van der Waals surface area contributed by atoms with E-state index in [4.69, 9.17) is 5.73 Å². The van der Waals surface area contributed by atoms with Gasteiger partial charge in [0.2, 0.25) is 0 Å². The lowest BCUT2D eigenvalue weighted by Gasteiger charge is -2.27. The van der Waals surface area contributed by atoms with Crippen LogP contribution in [0.2, 0.25) is 0 Å². The Hall–Kier alpha value is -0.860. The monoisotopic (exact) mass is 220 g/mol. The smallest absolute Gasteiger partial charge is 0.0320 e. The van der Waals surface area contributed by atoms with Crippen LogP contribution >= 0.6 is 0 Å². The summed E-state index contributed by atoms with van der Waals surface area (Å²) in [6.07, 6.45) is 0. The molecule has 1 aromatic rings. The van der Waals surface area contributed by atoms with Crippen LogP contribution in [0.5, 0.6) is 0 Å². The van der Waals surface area contributed by atoms with E-state index < -0.39 is 0 Å². The third-order valence-electron chi connectivity index (χ3n) is 3.11. The Balaban J connectivity index is 2.83. The fourth-order valence-corrected chi connectivity index (χ4v) is 2.14. The zero-order valence-electron chi connectivity index (χ0n) is 11.1. The summed E-state index contributed by atoms with van der Waals surface area (Å²) in [5.74, 6) is 0. The van der Waals surface area contributed by atoms with Crippen molar-refractivity contribution in [2.75, 3.05) is 13.6 Å². The summed E-state index contributed by atoms with van der Waals surface area (Å²) < 4.78 is 0. The van der Waals surface area contributed by atoms with Crippen molar-refractivity contribution < 1.29 is 0 Å². The molecular weight excluding hydrogens is 196 g/mol. The number of nitrogens with zero attached hydrogens (tertiary/aromatic N) is 1. The fourth-order valence-electron chi connectivity index (χ4n) is 2.14. The maximum atomic E-state index is 5.83. The first-order valence-electron chi connectivity index (χ1n) is 5.94. The molecule has 2 unspecified atom stereocenters. The van der Waals surface area contributed by atoms with Crippen LogP contribution in [-0.4, -0.2) is 24.5 Å². The summed E-state index contributed by atoms with van der Waals surface area (Å²) >= 11 is 0. The van der Waals surface area contributed by atoms with Crippen molar-refractivity contribution in [1.82, 2.24) is 4.90 Å². The molecule has 0 amide bonds. The van der Waals surface area contributed by atoms with E-state index >= 15 is 0 Å². The average molecular weight is 220 g/mol. The van der Waals surface area contributed by atoms with Crippen molar-refractivity contribution in [1.29, 1.82) is 0 Å². The first-order chi connectivity index (χ1) is 7.41. The van der Waals surface area contributed by atoms with E-state index in [2.05, 4.69) is 50.9 Å². The second kappa shape index (κ2) is 5.46. The second-order valence-electron chi connectivity index (χ2n) is 4.95. The Kier molecular flexibility index (Phi) is 4.51. The number of likely N-dealkylation sites (N-methyl/N-ethyl adjacent to an activating group) is 1. The van der Waals surface area contributed by atoms with Gasteiger partial charge in [-0.1, -0.05) is 23.8 Å². The molecular formula is C14H24N2. The first kappa shape index (κ1) is 13.2. The summed E-state index contributed by atoms with van der Waals surface area (Å²) in [4.78, 5) is 2.31. The molecule has 2 nitrogen and oxygen atoms in total. The Morgan fingerprint density at radius 1 is 1.25 bits per heavy atom. The highest BCUT2D eigenvalue weighted by Crippen LogP contribution is 2.23. The molecule has 0 bridgehead atoms. The van der Waals surface area contributed by atoms with Crippen LogP contribution in [-0.2, 0) is 0 Å². The van der Waals surface area contributed by atoms with Gasteiger partial charge in [-0.3, -0.25) is 4.90 Å². The van der Waals surface area contributed by atoms with E-state index in [-0.39, 0.29) is 6.04 Å².